The summed E-state index contributed by atoms with van der Waals surface area (Å²) < 4.78 is 15.9. The number of hydrogen-bond donors (Lipinski definition) is 1. The molecule has 31 heavy (non-hydrogen) atoms. The first-order valence-corrected chi connectivity index (χ1v) is 10.9. The molecule has 0 bridgehead atoms. The normalized spacial score (nSPS) is 20.8. The minimum absolute atomic E-state index is 0.0417. The average molecular weight is 430 g/mol. The van der Waals surface area contributed by atoms with Crippen molar-refractivity contribution in [1.82, 2.24) is 25.3 Å². The third-order valence-electron chi connectivity index (χ3n) is 6.43. The van der Waals surface area contributed by atoms with Crippen LogP contribution in [0.2, 0.25) is 0 Å². The van der Waals surface area contributed by atoms with Crippen LogP contribution in [0.1, 0.15) is 35.7 Å². The van der Waals surface area contributed by atoms with Gasteiger partial charge in [0.25, 0.3) is 0 Å². The molecule has 2 aromatic heterocycles. The fourth-order valence-electron chi connectivity index (χ4n) is 4.88. The highest BCUT2D eigenvalue weighted by molar-refractivity contribution is 5.80. The number of methoxy groups -OCH3 is 1. The van der Waals surface area contributed by atoms with Gasteiger partial charge in [0.2, 0.25) is 17.7 Å². The third-order valence-corrected chi connectivity index (χ3v) is 6.43. The Labute approximate surface area is 182 Å². The summed E-state index contributed by atoms with van der Waals surface area (Å²) in [5, 5.41) is 7.00. The van der Waals surface area contributed by atoms with Gasteiger partial charge in [0.1, 0.15) is 0 Å². The number of ether oxygens (including phenoxy) is 2. The third kappa shape index (κ3) is 4.88. The predicted octanol–water partition coefficient (Wildman–Crippen LogP) is 1.68. The zero-order valence-corrected chi connectivity index (χ0v) is 18.5. The van der Waals surface area contributed by atoms with Gasteiger partial charge in [-0.15, -0.1) is 0 Å². The summed E-state index contributed by atoms with van der Waals surface area (Å²) in [5.41, 5.74) is 2.11. The fraction of sp³-hybridized carbons (Fsp3) is 0.636. The Bertz CT molecular complexity index is 909. The van der Waals surface area contributed by atoms with E-state index in [4.69, 9.17) is 14.0 Å². The summed E-state index contributed by atoms with van der Waals surface area (Å²) in [4.78, 5) is 24.2. The smallest absolute Gasteiger partial charge is 0.225 e. The first-order chi connectivity index (χ1) is 15.0. The fourth-order valence-corrected chi connectivity index (χ4v) is 4.88. The van der Waals surface area contributed by atoms with E-state index < -0.39 is 0 Å². The van der Waals surface area contributed by atoms with Gasteiger partial charge in [-0.25, -0.2) is 4.98 Å². The van der Waals surface area contributed by atoms with Crippen LogP contribution in [0.4, 0.5) is 0 Å². The molecule has 2 aromatic rings. The first-order valence-electron chi connectivity index (χ1n) is 10.9. The number of aryl methyl sites for hydroxylation is 2. The molecule has 1 N–H and O–H groups in total. The van der Waals surface area contributed by atoms with Crippen molar-refractivity contribution in [3.05, 3.63) is 35.1 Å². The zero-order chi connectivity index (χ0) is 21.8. The number of aromatic nitrogens is 3. The maximum absolute atomic E-state index is 13.2. The summed E-state index contributed by atoms with van der Waals surface area (Å²) >= 11 is 0. The first kappa shape index (κ1) is 21.7. The molecule has 0 saturated carbocycles. The summed E-state index contributed by atoms with van der Waals surface area (Å²) in [6.07, 6.45) is 4.24. The molecule has 1 atom stereocenters. The van der Waals surface area contributed by atoms with Crippen molar-refractivity contribution in [2.24, 2.45) is 11.3 Å². The standard InChI is InChI=1S/C22H31N5O4/c1-15-10-17(11-24-21(15)29-3)12-27-13-18(22(14-27)5-8-30-9-6-22)20(28)23-7-4-19-25-16(2)31-26-19/h10-11,18H,4-9,12-14H2,1-3H3,(H,23,28)/t18-/m0/s1. The molecule has 0 aliphatic carbocycles. The van der Waals surface area contributed by atoms with E-state index >= 15 is 0 Å². The number of nitrogens with one attached hydrogen (secondary N) is 1. The highest BCUT2D eigenvalue weighted by Gasteiger charge is 2.50. The van der Waals surface area contributed by atoms with Crippen molar-refractivity contribution in [2.75, 3.05) is 40.0 Å². The molecular formula is C22H31N5O4. The molecule has 9 nitrogen and oxygen atoms in total. The predicted molar refractivity (Wildman–Crippen MR) is 113 cm³/mol. The highest BCUT2D eigenvalue weighted by Crippen LogP contribution is 2.44. The minimum Gasteiger partial charge on any atom is -0.481 e. The van der Waals surface area contributed by atoms with Crippen molar-refractivity contribution in [1.29, 1.82) is 0 Å². The van der Waals surface area contributed by atoms with Crippen molar-refractivity contribution >= 4 is 5.91 Å². The van der Waals surface area contributed by atoms with Crippen LogP contribution in [0.15, 0.2) is 16.8 Å². The number of amides is 1. The molecule has 4 heterocycles. The van der Waals surface area contributed by atoms with Crippen molar-refractivity contribution in [2.45, 2.75) is 39.7 Å². The van der Waals surface area contributed by atoms with Gasteiger partial charge in [0.15, 0.2) is 5.82 Å². The van der Waals surface area contributed by atoms with Gasteiger partial charge in [0.05, 0.1) is 13.0 Å². The van der Waals surface area contributed by atoms with Crippen LogP contribution < -0.4 is 10.1 Å². The van der Waals surface area contributed by atoms with E-state index in [0.717, 1.165) is 43.6 Å². The Hall–Kier alpha value is -2.52. The number of carbonyl (C=O) groups excluding carboxylic acids is 1. The van der Waals surface area contributed by atoms with Crippen LogP contribution >= 0.6 is 0 Å². The summed E-state index contributed by atoms with van der Waals surface area (Å²) in [7, 11) is 1.63. The van der Waals surface area contributed by atoms with Gasteiger partial charge in [-0.3, -0.25) is 9.69 Å². The average Bonchev–Trinajstić information content (AvgIpc) is 3.32. The second-order valence-electron chi connectivity index (χ2n) is 8.64. The van der Waals surface area contributed by atoms with E-state index in [-0.39, 0.29) is 17.2 Å². The largest absolute Gasteiger partial charge is 0.481 e. The topological polar surface area (TPSA) is 103 Å². The molecule has 0 unspecified atom stereocenters. The molecule has 1 amide bonds. The summed E-state index contributed by atoms with van der Waals surface area (Å²) in [5.74, 6) is 1.86. The van der Waals surface area contributed by atoms with Crippen LogP contribution in [-0.2, 0) is 22.5 Å². The summed E-state index contributed by atoms with van der Waals surface area (Å²) in [6, 6.07) is 2.11. The second kappa shape index (κ2) is 9.32. The number of nitrogens with zero attached hydrogens (tertiary/aromatic N) is 4. The van der Waals surface area contributed by atoms with Crippen LogP contribution in [-0.4, -0.2) is 65.9 Å². The Morgan fingerprint density at radius 1 is 1.35 bits per heavy atom. The molecule has 2 saturated heterocycles. The van der Waals surface area contributed by atoms with Crippen LogP contribution in [0.25, 0.3) is 0 Å². The molecule has 0 aromatic carbocycles. The van der Waals surface area contributed by atoms with E-state index in [0.29, 0.717) is 43.8 Å². The highest BCUT2D eigenvalue weighted by atomic mass is 16.5. The molecular weight excluding hydrogens is 398 g/mol. The summed E-state index contributed by atoms with van der Waals surface area (Å²) in [6.45, 7) is 8.08. The number of pyridine rings is 1. The minimum atomic E-state index is -0.0595. The Balaban J connectivity index is 1.41. The van der Waals surface area contributed by atoms with E-state index in [2.05, 4.69) is 31.4 Å². The van der Waals surface area contributed by atoms with Gasteiger partial charge in [-0.1, -0.05) is 5.16 Å². The van der Waals surface area contributed by atoms with Gasteiger partial charge >= 0.3 is 0 Å². The number of carbonyl (C=O) groups is 1. The number of likely N-dealkylation sites (tertiary alicyclic amines) is 1. The van der Waals surface area contributed by atoms with Gasteiger partial charge in [-0.05, 0) is 31.4 Å². The molecule has 2 aliphatic heterocycles. The van der Waals surface area contributed by atoms with Crippen molar-refractivity contribution < 1.29 is 18.8 Å². The molecule has 168 valence electrons. The van der Waals surface area contributed by atoms with Gasteiger partial charge < -0.3 is 19.3 Å². The molecule has 2 fully saturated rings. The van der Waals surface area contributed by atoms with Gasteiger partial charge in [0, 0.05) is 69.9 Å². The lowest BCUT2D eigenvalue weighted by molar-refractivity contribution is -0.129. The monoisotopic (exact) mass is 429 g/mol. The van der Waals surface area contributed by atoms with E-state index in [1.807, 2.05) is 13.1 Å². The molecule has 4 rings (SSSR count). The van der Waals surface area contributed by atoms with Crippen molar-refractivity contribution in [3.8, 4) is 5.88 Å². The number of rotatable bonds is 7. The van der Waals surface area contributed by atoms with E-state index in [1.165, 1.54) is 0 Å². The van der Waals surface area contributed by atoms with Crippen LogP contribution in [0.5, 0.6) is 5.88 Å². The van der Waals surface area contributed by atoms with Crippen LogP contribution in [0.3, 0.4) is 0 Å². The molecule has 1 spiro atoms. The van der Waals surface area contributed by atoms with Crippen LogP contribution in [0, 0.1) is 25.2 Å². The molecule has 9 heteroatoms. The Morgan fingerprint density at radius 3 is 2.84 bits per heavy atom. The Morgan fingerprint density at radius 2 is 2.16 bits per heavy atom. The zero-order valence-electron chi connectivity index (χ0n) is 18.5. The lowest BCUT2D eigenvalue weighted by Gasteiger charge is -2.37. The quantitative estimate of drug-likeness (QED) is 0.709. The van der Waals surface area contributed by atoms with E-state index in [9.17, 15) is 4.79 Å². The SMILES string of the molecule is COc1ncc(CN2C[C@@H](C(=O)NCCc3noc(C)n3)C3(CCOCC3)C2)cc1C. The van der Waals surface area contributed by atoms with E-state index in [1.54, 1.807) is 14.0 Å². The Kier molecular flexibility index (Phi) is 6.52. The van der Waals surface area contributed by atoms with Gasteiger partial charge in [-0.2, -0.15) is 4.98 Å². The lowest BCUT2D eigenvalue weighted by Crippen LogP contribution is -2.44. The second-order valence-corrected chi connectivity index (χ2v) is 8.64. The maximum atomic E-state index is 13.2. The van der Waals surface area contributed by atoms with Crippen molar-refractivity contribution in [3.63, 3.8) is 0 Å². The molecule has 0 radical (unpaired) electrons. The molecule has 2 aliphatic rings. The maximum Gasteiger partial charge on any atom is 0.225 e. The number of hydrogen-bond acceptors (Lipinski definition) is 8. The lowest BCUT2D eigenvalue weighted by atomic mass is 9.71.